The Morgan fingerprint density at radius 1 is 1.38 bits per heavy atom. The summed E-state index contributed by atoms with van der Waals surface area (Å²) in [6.07, 6.45) is 8.17. The van der Waals surface area contributed by atoms with E-state index in [0.717, 1.165) is 44.5 Å². The minimum atomic E-state index is -3.51. The smallest absolute Gasteiger partial charge is 0.214 e. The van der Waals surface area contributed by atoms with Crippen molar-refractivity contribution in [3.8, 4) is 10.4 Å². The van der Waals surface area contributed by atoms with Crippen LogP contribution in [0.1, 0.15) is 54.8 Å². The van der Waals surface area contributed by atoms with E-state index in [9.17, 15) is 8.42 Å². The molecule has 172 valence electrons. The first-order valence-electron chi connectivity index (χ1n) is 10.8. The van der Waals surface area contributed by atoms with Crippen molar-refractivity contribution in [2.24, 2.45) is 5.73 Å². The van der Waals surface area contributed by atoms with E-state index in [4.69, 9.17) is 15.6 Å². The van der Waals surface area contributed by atoms with Crippen LogP contribution >= 0.6 is 11.3 Å². The monoisotopic (exact) mass is 475 g/mol. The molecule has 0 fully saturated rings. The number of thiazole rings is 1. The molecule has 2 aliphatic carbocycles. The van der Waals surface area contributed by atoms with E-state index in [2.05, 4.69) is 21.8 Å². The molecule has 2 aliphatic rings. The number of aliphatic hydroxyl groups is 1. The van der Waals surface area contributed by atoms with Crippen molar-refractivity contribution in [1.82, 2.24) is 9.71 Å². The van der Waals surface area contributed by atoms with Crippen molar-refractivity contribution in [3.05, 3.63) is 64.1 Å². The van der Waals surface area contributed by atoms with Gasteiger partial charge in [-0.2, -0.15) is 0 Å². The Bertz CT molecular complexity index is 1150. The molecule has 0 spiro atoms. The number of nitrogens with two attached hydrogens (primary N) is 1. The summed E-state index contributed by atoms with van der Waals surface area (Å²) >= 11 is 1.65. The topological polar surface area (TPSA) is 115 Å². The molecule has 4 rings (SSSR count). The van der Waals surface area contributed by atoms with Gasteiger partial charge in [0.1, 0.15) is 10.8 Å². The number of aromatic nitrogens is 1. The third-order valence-corrected chi connectivity index (χ3v) is 8.18. The maximum atomic E-state index is 12.1. The number of nitrogens with one attached hydrogen (secondary N) is 1. The quantitative estimate of drug-likeness (QED) is 0.539. The summed E-state index contributed by atoms with van der Waals surface area (Å²) in [5.74, 6) is 0.569. The lowest BCUT2D eigenvalue weighted by molar-refractivity contribution is 0.153. The summed E-state index contributed by atoms with van der Waals surface area (Å²) in [6, 6.07) is 5.74. The number of sulfonamides is 1. The first kappa shape index (κ1) is 23.0. The first-order chi connectivity index (χ1) is 15.3. The van der Waals surface area contributed by atoms with Crippen LogP contribution in [-0.4, -0.2) is 37.0 Å². The van der Waals surface area contributed by atoms with Gasteiger partial charge in [0.25, 0.3) is 0 Å². The molecule has 4 N–H and O–H groups in total. The molecule has 32 heavy (non-hydrogen) atoms. The number of hydrogen-bond donors (Lipinski definition) is 3. The number of nitrogens with zero attached hydrogens (tertiary/aromatic N) is 1. The Morgan fingerprint density at radius 2 is 2.19 bits per heavy atom. The second kappa shape index (κ2) is 9.35. The molecule has 9 heteroatoms. The van der Waals surface area contributed by atoms with Crippen LogP contribution in [0, 0.1) is 0 Å². The van der Waals surface area contributed by atoms with Crippen LogP contribution in [0.25, 0.3) is 10.4 Å². The number of fused-ring (bicyclic) bond motifs is 1. The van der Waals surface area contributed by atoms with Crippen LogP contribution in [0.4, 0.5) is 0 Å². The Hall–Kier alpha value is -2.20. The van der Waals surface area contributed by atoms with Gasteiger partial charge in [0, 0.05) is 24.6 Å². The van der Waals surface area contributed by atoms with Crippen LogP contribution in [0.5, 0.6) is 0 Å². The van der Waals surface area contributed by atoms with E-state index in [1.54, 1.807) is 11.3 Å². The van der Waals surface area contributed by atoms with Gasteiger partial charge in [0.2, 0.25) is 10.0 Å². The van der Waals surface area contributed by atoms with E-state index in [1.807, 2.05) is 38.3 Å². The number of rotatable bonds is 8. The molecule has 0 amide bonds. The highest BCUT2D eigenvalue weighted by atomic mass is 32.2. The van der Waals surface area contributed by atoms with Crippen LogP contribution in [0.3, 0.4) is 0 Å². The van der Waals surface area contributed by atoms with E-state index >= 15 is 0 Å². The molecule has 1 aromatic heterocycles. The van der Waals surface area contributed by atoms with E-state index in [0.29, 0.717) is 12.8 Å². The number of ether oxygens (including phenoxy) is 1. The zero-order chi connectivity index (χ0) is 22.9. The zero-order valence-corrected chi connectivity index (χ0v) is 19.9. The van der Waals surface area contributed by atoms with E-state index in [1.165, 1.54) is 0 Å². The molecular formula is C23H29N3O4S2. The third kappa shape index (κ3) is 4.91. The number of allylic oxidation sites excluding steroid dienone is 3. The molecule has 2 atom stereocenters. The van der Waals surface area contributed by atoms with Crippen LogP contribution in [0.2, 0.25) is 0 Å². The molecule has 2 aromatic rings. The molecule has 0 saturated heterocycles. The molecule has 0 bridgehead atoms. The second-order valence-corrected chi connectivity index (χ2v) is 11.3. The van der Waals surface area contributed by atoms with Gasteiger partial charge in [0.15, 0.2) is 0 Å². The minimum absolute atomic E-state index is 0.0772. The summed E-state index contributed by atoms with van der Waals surface area (Å²) < 4.78 is 32.8. The van der Waals surface area contributed by atoms with Gasteiger partial charge in [0.05, 0.1) is 29.0 Å². The largest absolute Gasteiger partial charge is 0.489 e. The van der Waals surface area contributed by atoms with Crippen molar-refractivity contribution < 1.29 is 18.3 Å². The summed E-state index contributed by atoms with van der Waals surface area (Å²) in [4.78, 5) is 5.74. The van der Waals surface area contributed by atoms with Gasteiger partial charge in [-0.25, -0.2) is 18.1 Å². The molecular weight excluding hydrogens is 446 g/mol. The molecule has 7 nitrogen and oxygen atoms in total. The van der Waals surface area contributed by atoms with Gasteiger partial charge in [-0.3, -0.25) is 0 Å². The average Bonchev–Trinajstić information content (AvgIpc) is 3.37. The summed E-state index contributed by atoms with van der Waals surface area (Å²) in [6.45, 7) is 3.57. The maximum Gasteiger partial charge on any atom is 0.214 e. The van der Waals surface area contributed by atoms with Gasteiger partial charge in [-0.15, -0.1) is 11.3 Å². The Kier molecular flexibility index (Phi) is 6.71. The zero-order valence-electron chi connectivity index (χ0n) is 18.2. The fourth-order valence-corrected chi connectivity index (χ4v) is 6.33. The van der Waals surface area contributed by atoms with Crippen molar-refractivity contribution in [3.63, 3.8) is 0 Å². The Labute approximate surface area is 193 Å². The van der Waals surface area contributed by atoms with E-state index in [-0.39, 0.29) is 30.4 Å². The van der Waals surface area contributed by atoms with Crippen LogP contribution in [0.15, 0.2) is 48.0 Å². The molecule has 1 unspecified atom stereocenters. The predicted octanol–water partition coefficient (Wildman–Crippen LogP) is 3.35. The van der Waals surface area contributed by atoms with Crippen molar-refractivity contribution in [2.75, 3.05) is 12.4 Å². The molecule has 0 saturated carbocycles. The Morgan fingerprint density at radius 3 is 2.91 bits per heavy atom. The fourth-order valence-electron chi connectivity index (χ4n) is 4.24. The van der Waals surface area contributed by atoms with Gasteiger partial charge in [-0.1, -0.05) is 24.3 Å². The van der Waals surface area contributed by atoms with Gasteiger partial charge >= 0.3 is 0 Å². The van der Waals surface area contributed by atoms with Crippen molar-refractivity contribution in [1.29, 1.82) is 0 Å². The number of aliphatic hydroxyl groups excluding tert-OH is 1. The molecule has 0 aliphatic heterocycles. The minimum Gasteiger partial charge on any atom is -0.489 e. The molecule has 1 heterocycles. The van der Waals surface area contributed by atoms with Gasteiger partial charge < -0.3 is 15.6 Å². The SMILES string of the molecule is CC(C)OC1=C(N)CC(c2ncc(-c3cccc4c3CC[C@@H]4NS(=O)(=O)CCO)s2)C=C1. The lowest BCUT2D eigenvalue weighted by Gasteiger charge is -2.20. The summed E-state index contributed by atoms with van der Waals surface area (Å²) in [5.41, 5.74) is 10.2. The van der Waals surface area contributed by atoms with Crippen molar-refractivity contribution >= 4 is 21.4 Å². The third-order valence-electron chi connectivity index (χ3n) is 5.66. The normalized spacial score (nSPS) is 20.8. The van der Waals surface area contributed by atoms with Crippen molar-refractivity contribution in [2.45, 2.75) is 51.2 Å². The lowest BCUT2D eigenvalue weighted by Crippen LogP contribution is -2.30. The Balaban J connectivity index is 1.54. The standard InChI is InChI=1S/C23H29N3O4S2/c1-14(2)30-21-9-6-15(12-19(21)24)23-25-13-22(31-23)18-5-3-4-17-16(18)7-8-20(17)26-32(28,29)11-10-27/h3-6,9,13-15,20,26-27H,7-8,10-12,24H2,1-2H3/t15?,20-/m0/s1. The van der Waals surface area contributed by atoms with Crippen LogP contribution < -0.4 is 10.5 Å². The average molecular weight is 476 g/mol. The molecule has 1 aromatic carbocycles. The second-order valence-electron chi connectivity index (χ2n) is 8.41. The number of benzene rings is 1. The van der Waals surface area contributed by atoms with Gasteiger partial charge in [-0.05, 0) is 49.5 Å². The molecule has 0 radical (unpaired) electrons. The predicted molar refractivity (Wildman–Crippen MR) is 127 cm³/mol. The summed E-state index contributed by atoms with van der Waals surface area (Å²) in [7, 11) is -3.51. The summed E-state index contributed by atoms with van der Waals surface area (Å²) in [5, 5.41) is 9.99. The number of hydrogen-bond acceptors (Lipinski definition) is 7. The fraction of sp³-hybridized carbons (Fsp3) is 0.435. The highest BCUT2D eigenvalue weighted by Gasteiger charge is 2.29. The highest BCUT2D eigenvalue weighted by Crippen LogP contribution is 2.41. The van der Waals surface area contributed by atoms with E-state index < -0.39 is 10.0 Å². The first-order valence-corrected chi connectivity index (χ1v) is 13.3. The highest BCUT2D eigenvalue weighted by molar-refractivity contribution is 7.89. The maximum absolute atomic E-state index is 12.1. The van der Waals surface area contributed by atoms with Crippen LogP contribution in [-0.2, 0) is 21.2 Å². The lowest BCUT2D eigenvalue weighted by atomic mass is 9.98.